The summed E-state index contributed by atoms with van der Waals surface area (Å²) in [4.78, 5) is 11.1. The predicted molar refractivity (Wildman–Crippen MR) is 166 cm³/mol. The second-order valence-corrected chi connectivity index (χ2v) is 15.8. The van der Waals surface area contributed by atoms with Crippen LogP contribution in [0, 0.1) is 5.41 Å². The van der Waals surface area contributed by atoms with E-state index in [4.69, 9.17) is 5.11 Å². The molecule has 0 amide bonds. The number of halogens is 3. The molecule has 0 fully saturated rings. The molecule has 0 radical (unpaired) electrons. The van der Waals surface area contributed by atoms with E-state index in [9.17, 15) is 34.8 Å². The maximum absolute atomic E-state index is 14.3. The third-order valence-corrected chi connectivity index (χ3v) is 11.4. The van der Waals surface area contributed by atoms with Gasteiger partial charge in [0.2, 0.25) is 10.0 Å². The number of allylic oxidation sites excluding steroid dienone is 4. The van der Waals surface area contributed by atoms with Crippen molar-refractivity contribution in [1.82, 2.24) is 4.31 Å². The van der Waals surface area contributed by atoms with Gasteiger partial charge in [0.15, 0.2) is 15.6 Å². The predicted octanol–water partition coefficient (Wildman–Crippen LogP) is 7.21. The van der Waals surface area contributed by atoms with Gasteiger partial charge in [0.1, 0.15) is 0 Å². The Kier molecular flexibility index (Phi) is 9.54. The summed E-state index contributed by atoms with van der Waals surface area (Å²) >= 11 is 0. The number of sulfonamides is 1. The zero-order valence-corrected chi connectivity index (χ0v) is 26.9. The Morgan fingerprint density at radius 1 is 0.867 bits per heavy atom. The molecular formula is C33H34F3NO6S2. The topological polar surface area (TPSA) is 109 Å². The largest absolute Gasteiger partial charge is 0.480 e. The normalized spacial score (nSPS) is 15.7. The van der Waals surface area contributed by atoms with Crippen molar-refractivity contribution in [1.29, 1.82) is 0 Å². The van der Waals surface area contributed by atoms with Crippen molar-refractivity contribution in [3.05, 3.63) is 112 Å². The molecule has 0 atom stereocenters. The molecule has 0 bridgehead atoms. The maximum Gasteiger partial charge on any atom is 0.416 e. The van der Waals surface area contributed by atoms with Gasteiger partial charge in [0.25, 0.3) is 0 Å². The number of carbonyl (C=O) groups is 1. The zero-order valence-electron chi connectivity index (χ0n) is 25.2. The summed E-state index contributed by atoms with van der Waals surface area (Å²) in [6.45, 7) is 6.88. The highest BCUT2D eigenvalue weighted by Crippen LogP contribution is 2.44. The molecule has 0 heterocycles. The molecule has 0 saturated heterocycles. The number of sulfone groups is 1. The Morgan fingerprint density at radius 3 is 2.09 bits per heavy atom. The van der Waals surface area contributed by atoms with Gasteiger partial charge < -0.3 is 5.11 Å². The standard InChI is InChI=1S/C33H34F3NO6S2/c1-22-15-23(2)31(32(3,4)18-22)45(42,43)37(20-25-7-5-9-28(16-25)33(34,35)36)19-24-11-13-26(14-12-24)27-8-6-10-29(17-27)44(40,41)21-30(38)39/h5-17H,18-21H2,1-4H3,(H,38,39). The SMILES string of the molecule is CC1=CC(C)=C(S(=O)(=O)N(Cc2ccc(-c3cccc(S(=O)(=O)CC(=O)O)c3)cc2)Cc2cccc(C(F)(F)F)c2)C(C)(C)C1. The van der Waals surface area contributed by atoms with Crippen LogP contribution in [0.1, 0.15) is 50.8 Å². The average Bonchev–Trinajstić information content (AvgIpc) is 2.91. The molecule has 3 aromatic carbocycles. The van der Waals surface area contributed by atoms with E-state index in [1.54, 1.807) is 37.3 Å². The Bertz CT molecular complexity index is 1890. The molecule has 0 aromatic heterocycles. The molecule has 7 nitrogen and oxygen atoms in total. The number of aliphatic carboxylic acids is 1. The molecule has 240 valence electrons. The van der Waals surface area contributed by atoms with E-state index in [1.165, 1.54) is 34.6 Å². The molecule has 0 spiro atoms. The van der Waals surface area contributed by atoms with Crippen molar-refractivity contribution in [2.75, 3.05) is 5.75 Å². The first-order chi connectivity index (χ1) is 20.8. The molecule has 12 heteroatoms. The monoisotopic (exact) mass is 661 g/mol. The minimum Gasteiger partial charge on any atom is -0.480 e. The van der Waals surface area contributed by atoms with Crippen molar-refractivity contribution in [2.24, 2.45) is 5.41 Å². The number of nitrogens with zero attached hydrogens (tertiary/aromatic N) is 1. The number of benzene rings is 3. The molecule has 45 heavy (non-hydrogen) atoms. The zero-order chi connectivity index (χ0) is 33.4. The first-order valence-corrected chi connectivity index (χ1v) is 17.1. The second-order valence-electron chi connectivity index (χ2n) is 11.9. The van der Waals surface area contributed by atoms with Crippen LogP contribution in [0.4, 0.5) is 13.2 Å². The van der Waals surface area contributed by atoms with Gasteiger partial charge in [-0.05, 0) is 66.3 Å². The van der Waals surface area contributed by atoms with Crippen LogP contribution in [0.2, 0.25) is 0 Å². The van der Waals surface area contributed by atoms with E-state index in [1.807, 2.05) is 26.8 Å². The van der Waals surface area contributed by atoms with Gasteiger partial charge in [0.05, 0.1) is 15.4 Å². The molecule has 3 aromatic rings. The molecule has 1 aliphatic rings. The third kappa shape index (κ3) is 7.92. The van der Waals surface area contributed by atoms with Crippen molar-refractivity contribution in [3.63, 3.8) is 0 Å². The molecule has 1 N–H and O–H groups in total. The third-order valence-electron chi connectivity index (χ3n) is 7.52. The smallest absolute Gasteiger partial charge is 0.416 e. The van der Waals surface area contributed by atoms with Gasteiger partial charge in [0, 0.05) is 18.5 Å². The molecule has 0 saturated carbocycles. The number of carboxylic acids is 1. The molecular weight excluding hydrogens is 627 g/mol. The van der Waals surface area contributed by atoms with Crippen LogP contribution in [0.25, 0.3) is 11.1 Å². The summed E-state index contributed by atoms with van der Waals surface area (Å²) in [6.07, 6.45) is -2.26. The van der Waals surface area contributed by atoms with E-state index >= 15 is 0 Å². The molecule has 0 unspecified atom stereocenters. The first kappa shape index (κ1) is 34.1. The number of hydrogen-bond acceptors (Lipinski definition) is 5. The van der Waals surface area contributed by atoms with Crippen molar-refractivity contribution in [2.45, 2.75) is 58.3 Å². The lowest BCUT2D eigenvalue weighted by atomic mass is 9.80. The highest BCUT2D eigenvalue weighted by atomic mass is 32.2. The van der Waals surface area contributed by atoms with Crippen LogP contribution in [0.3, 0.4) is 0 Å². The summed E-state index contributed by atoms with van der Waals surface area (Å²) in [5, 5.41) is 8.96. The lowest BCUT2D eigenvalue weighted by molar-refractivity contribution is -0.137. The lowest BCUT2D eigenvalue weighted by Gasteiger charge is -2.36. The van der Waals surface area contributed by atoms with Crippen LogP contribution in [-0.2, 0) is 43.9 Å². The number of alkyl halides is 3. The Morgan fingerprint density at radius 2 is 1.49 bits per heavy atom. The van der Waals surface area contributed by atoms with Gasteiger partial charge in [-0.1, -0.05) is 80.1 Å². The maximum atomic E-state index is 14.3. The van der Waals surface area contributed by atoms with Crippen LogP contribution in [0.5, 0.6) is 0 Å². The van der Waals surface area contributed by atoms with Gasteiger partial charge in [-0.15, -0.1) is 0 Å². The fourth-order valence-electron chi connectivity index (χ4n) is 5.88. The van der Waals surface area contributed by atoms with Crippen LogP contribution in [-0.4, -0.2) is 38.0 Å². The van der Waals surface area contributed by atoms with E-state index in [2.05, 4.69) is 0 Å². The number of carboxylic acid groups (broad SMARTS) is 1. The van der Waals surface area contributed by atoms with E-state index < -0.39 is 48.7 Å². The fraction of sp³-hybridized carbons (Fsp3) is 0.303. The quantitative estimate of drug-likeness (QED) is 0.246. The summed E-state index contributed by atoms with van der Waals surface area (Å²) < 4.78 is 95.1. The van der Waals surface area contributed by atoms with Crippen LogP contribution in [0.15, 0.2) is 99.8 Å². The van der Waals surface area contributed by atoms with Gasteiger partial charge in [-0.25, -0.2) is 16.8 Å². The van der Waals surface area contributed by atoms with Crippen LogP contribution < -0.4 is 0 Å². The molecule has 0 aliphatic heterocycles. The Hall–Kier alpha value is -3.74. The van der Waals surface area contributed by atoms with Gasteiger partial charge in [-0.2, -0.15) is 17.5 Å². The van der Waals surface area contributed by atoms with E-state index in [-0.39, 0.29) is 28.5 Å². The van der Waals surface area contributed by atoms with Crippen molar-refractivity contribution >= 4 is 25.8 Å². The van der Waals surface area contributed by atoms with Gasteiger partial charge in [-0.3, -0.25) is 4.79 Å². The average molecular weight is 662 g/mol. The minimum absolute atomic E-state index is 0.137. The van der Waals surface area contributed by atoms with E-state index in [0.717, 1.165) is 17.7 Å². The highest BCUT2D eigenvalue weighted by molar-refractivity contribution is 7.93. The first-order valence-electron chi connectivity index (χ1n) is 14.0. The second kappa shape index (κ2) is 12.6. The molecule has 1 aliphatic carbocycles. The number of hydrogen-bond donors (Lipinski definition) is 1. The fourth-order valence-corrected chi connectivity index (χ4v) is 9.09. The number of rotatable bonds is 10. The van der Waals surface area contributed by atoms with Crippen molar-refractivity contribution in [3.8, 4) is 11.1 Å². The summed E-state index contributed by atoms with van der Waals surface area (Å²) in [7, 11) is -8.22. The Labute approximate surface area is 261 Å². The van der Waals surface area contributed by atoms with Crippen molar-refractivity contribution < 1.29 is 39.9 Å². The summed E-state index contributed by atoms with van der Waals surface area (Å²) in [6, 6.07) is 17.1. The van der Waals surface area contributed by atoms with E-state index in [0.29, 0.717) is 28.7 Å². The Balaban J connectivity index is 1.72. The summed E-state index contributed by atoms with van der Waals surface area (Å²) in [5.74, 6) is -2.52. The van der Waals surface area contributed by atoms with Crippen LogP contribution >= 0.6 is 0 Å². The summed E-state index contributed by atoms with van der Waals surface area (Å²) in [5.41, 5.74) is 1.83. The minimum atomic E-state index is -4.59. The lowest BCUT2D eigenvalue weighted by Crippen LogP contribution is -2.37. The van der Waals surface area contributed by atoms with Gasteiger partial charge >= 0.3 is 12.1 Å². The molecule has 4 rings (SSSR count). The highest BCUT2D eigenvalue weighted by Gasteiger charge is 2.40.